The van der Waals surface area contributed by atoms with Crippen LogP contribution in [0, 0.1) is 17.2 Å². The molecule has 0 radical (unpaired) electrons. The second-order valence-corrected chi connectivity index (χ2v) is 3.79. The van der Waals surface area contributed by atoms with Gasteiger partial charge in [-0.3, -0.25) is 4.68 Å². The molecule has 1 heterocycles. The number of aromatic carboxylic acids is 1. The number of nitrogens with zero attached hydrogens (tertiary/aromatic N) is 3. The minimum absolute atomic E-state index is 0. The number of aromatic nitrogens is 2. The molecule has 0 atom stereocenters. The van der Waals surface area contributed by atoms with Crippen LogP contribution in [-0.4, -0.2) is 15.7 Å². The van der Waals surface area contributed by atoms with Crippen LogP contribution >= 0.6 is 0 Å². The van der Waals surface area contributed by atoms with Crippen molar-refractivity contribution in [2.45, 2.75) is 25.8 Å². The molecule has 2 rings (SSSR count). The molecule has 1 fully saturated rings. The fraction of sp³-hybridized carbons (Fsp3) is 0.500. The van der Waals surface area contributed by atoms with E-state index in [-0.39, 0.29) is 62.6 Å². The molecule has 0 amide bonds. The molecule has 78 valence electrons. The molecular formula is C10H10KN3O2. The van der Waals surface area contributed by atoms with E-state index in [9.17, 15) is 9.90 Å². The van der Waals surface area contributed by atoms with Gasteiger partial charge in [-0.05, 0) is 18.8 Å². The first kappa shape index (κ1) is 13.9. The molecule has 1 aliphatic rings. The molecule has 0 aromatic carbocycles. The Kier molecular flexibility index (Phi) is 5.15. The first-order valence-electron chi connectivity index (χ1n) is 4.89. The van der Waals surface area contributed by atoms with Crippen molar-refractivity contribution in [1.29, 1.82) is 5.26 Å². The van der Waals surface area contributed by atoms with Crippen LogP contribution in [0.25, 0.3) is 0 Å². The minimum Gasteiger partial charge on any atom is -0.543 e. The van der Waals surface area contributed by atoms with Crippen molar-refractivity contribution < 1.29 is 61.3 Å². The zero-order valence-corrected chi connectivity index (χ0v) is 12.3. The van der Waals surface area contributed by atoms with Gasteiger partial charge < -0.3 is 9.90 Å². The molecule has 0 aliphatic heterocycles. The van der Waals surface area contributed by atoms with Gasteiger partial charge in [0.2, 0.25) is 0 Å². The predicted molar refractivity (Wildman–Crippen MR) is 48.6 cm³/mol. The maximum atomic E-state index is 10.8. The Morgan fingerprint density at radius 3 is 2.81 bits per heavy atom. The van der Waals surface area contributed by atoms with Crippen LogP contribution in [0.4, 0.5) is 0 Å². The SMILES string of the molecule is N#Cc1cnn(CC2CCC2)c1C(=O)[O-].[K+]. The van der Waals surface area contributed by atoms with E-state index in [2.05, 4.69) is 5.10 Å². The van der Waals surface area contributed by atoms with Gasteiger partial charge in [-0.1, -0.05) is 6.42 Å². The Hall–Kier alpha value is -0.194. The summed E-state index contributed by atoms with van der Waals surface area (Å²) in [5.41, 5.74) is -0.0151. The zero-order valence-electron chi connectivity index (χ0n) is 9.14. The number of carboxylic acids is 1. The summed E-state index contributed by atoms with van der Waals surface area (Å²) in [6.45, 7) is 0.574. The van der Waals surface area contributed by atoms with E-state index in [4.69, 9.17) is 5.26 Å². The molecule has 1 aromatic heterocycles. The van der Waals surface area contributed by atoms with Gasteiger partial charge in [0.05, 0.1) is 17.7 Å². The summed E-state index contributed by atoms with van der Waals surface area (Å²) in [5, 5.41) is 23.4. The fourth-order valence-electron chi connectivity index (χ4n) is 1.74. The first-order chi connectivity index (χ1) is 7.22. The van der Waals surface area contributed by atoms with Gasteiger partial charge in [-0.25, -0.2) is 0 Å². The Morgan fingerprint density at radius 2 is 2.38 bits per heavy atom. The van der Waals surface area contributed by atoms with Gasteiger partial charge in [0.1, 0.15) is 11.8 Å². The Balaban J connectivity index is 0.00000128. The van der Waals surface area contributed by atoms with Crippen LogP contribution in [0.2, 0.25) is 0 Å². The van der Waals surface area contributed by atoms with Gasteiger partial charge >= 0.3 is 51.4 Å². The number of carbonyl (C=O) groups excluding carboxylic acids is 1. The summed E-state index contributed by atoms with van der Waals surface area (Å²) in [7, 11) is 0. The van der Waals surface area contributed by atoms with E-state index in [0.29, 0.717) is 12.5 Å². The largest absolute Gasteiger partial charge is 1.00 e. The van der Waals surface area contributed by atoms with E-state index in [1.165, 1.54) is 17.3 Å². The molecule has 0 spiro atoms. The van der Waals surface area contributed by atoms with Crippen molar-refractivity contribution in [3.05, 3.63) is 17.5 Å². The smallest absolute Gasteiger partial charge is 0.543 e. The maximum absolute atomic E-state index is 10.8. The van der Waals surface area contributed by atoms with Crippen LogP contribution in [0.15, 0.2) is 6.20 Å². The monoisotopic (exact) mass is 243 g/mol. The van der Waals surface area contributed by atoms with Crippen molar-refractivity contribution >= 4 is 5.97 Å². The van der Waals surface area contributed by atoms with Crippen molar-refractivity contribution in [1.82, 2.24) is 9.78 Å². The van der Waals surface area contributed by atoms with Gasteiger partial charge in [-0.15, -0.1) is 0 Å². The summed E-state index contributed by atoms with van der Waals surface area (Å²) in [4.78, 5) is 10.8. The topological polar surface area (TPSA) is 81.7 Å². The van der Waals surface area contributed by atoms with Crippen molar-refractivity contribution in [2.75, 3.05) is 0 Å². The number of rotatable bonds is 3. The number of nitriles is 1. The molecule has 16 heavy (non-hydrogen) atoms. The van der Waals surface area contributed by atoms with Gasteiger partial charge in [0.25, 0.3) is 0 Å². The van der Waals surface area contributed by atoms with E-state index in [1.807, 2.05) is 0 Å². The van der Waals surface area contributed by atoms with Crippen LogP contribution in [0.3, 0.4) is 0 Å². The van der Waals surface area contributed by atoms with Crippen molar-refractivity contribution in [3.8, 4) is 6.07 Å². The van der Waals surface area contributed by atoms with E-state index >= 15 is 0 Å². The van der Waals surface area contributed by atoms with Crippen LogP contribution in [-0.2, 0) is 6.54 Å². The predicted octanol–water partition coefficient (Wildman–Crippen LogP) is -3.08. The number of carbonyl (C=O) groups is 1. The Morgan fingerprint density at radius 1 is 1.69 bits per heavy atom. The van der Waals surface area contributed by atoms with Crippen molar-refractivity contribution in [3.63, 3.8) is 0 Å². The first-order valence-corrected chi connectivity index (χ1v) is 4.89. The third kappa shape index (κ3) is 2.73. The molecule has 0 saturated heterocycles. The minimum atomic E-state index is -1.33. The molecule has 0 unspecified atom stereocenters. The molecular weight excluding hydrogens is 233 g/mol. The Bertz CT molecular complexity index is 432. The number of carboxylic acid groups (broad SMARTS) is 1. The quantitative estimate of drug-likeness (QED) is 0.527. The second-order valence-electron chi connectivity index (χ2n) is 3.79. The number of hydrogen-bond acceptors (Lipinski definition) is 4. The zero-order chi connectivity index (χ0) is 10.8. The van der Waals surface area contributed by atoms with Crippen LogP contribution < -0.4 is 56.5 Å². The molecule has 0 bridgehead atoms. The normalized spacial score (nSPS) is 14.7. The average molecular weight is 243 g/mol. The summed E-state index contributed by atoms with van der Waals surface area (Å²) in [5.74, 6) is -0.835. The number of hydrogen-bond donors (Lipinski definition) is 0. The molecule has 1 aliphatic carbocycles. The maximum Gasteiger partial charge on any atom is 1.00 e. The van der Waals surface area contributed by atoms with Crippen LogP contribution in [0.1, 0.15) is 35.3 Å². The molecule has 5 nitrogen and oxygen atoms in total. The Labute approximate surface area is 136 Å². The van der Waals surface area contributed by atoms with Gasteiger partial charge in [-0.2, -0.15) is 10.4 Å². The molecule has 1 aromatic rings. The van der Waals surface area contributed by atoms with E-state index in [0.717, 1.165) is 12.8 Å². The molecule has 6 heteroatoms. The third-order valence-corrected chi connectivity index (χ3v) is 2.81. The summed E-state index contributed by atoms with van der Waals surface area (Å²) < 4.78 is 1.37. The van der Waals surface area contributed by atoms with Gasteiger partial charge in [0, 0.05) is 6.54 Å². The second kappa shape index (κ2) is 5.94. The molecule has 1 saturated carbocycles. The summed E-state index contributed by atoms with van der Waals surface area (Å²) >= 11 is 0. The third-order valence-electron chi connectivity index (χ3n) is 2.81. The summed E-state index contributed by atoms with van der Waals surface area (Å²) in [6.07, 6.45) is 4.68. The van der Waals surface area contributed by atoms with E-state index in [1.54, 1.807) is 6.07 Å². The van der Waals surface area contributed by atoms with Crippen LogP contribution in [0.5, 0.6) is 0 Å². The fourth-order valence-corrected chi connectivity index (χ4v) is 1.74. The van der Waals surface area contributed by atoms with Gasteiger partial charge in [0.15, 0.2) is 0 Å². The van der Waals surface area contributed by atoms with Crippen molar-refractivity contribution in [2.24, 2.45) is 5.92 Å². The molecule has 0 N–H and O–H groups in total. The summed E-state index contributed by atoms with van der Waals surface area (Å²) in [6, 6.07) is 1.80. The van der Waals surface area contributed by atoms with E-state index < -0.39 is 5.97 Å². The average Bonchev–Trinajstić information content (AvgIpc) is 2.54. The standard InChI is InChI=1S/C10H11N3O2.K/c11-4-8-5-12-13(9(8)10(14)15)6-7-2-1-3-7;/h5,7H,1-3,6H2,(H,14,15);/q;+1/p-1.